The molecule has 0 amide bonds. The third-order valence-corrected chi connectivity index (χ3v) is 9.29. The number of carboxylic acid groups (broad SMARTS) is 3. The summed E-state index contributed by atoms with van der Waals surface area (Å²) in [6.45, 7) is 12.9. The molecule has 10 atom stereocenters. The smallest absolute Gasteiger partial charge is 0.344 e. The molecule has 5 N–H and O–H groups in total. The number of allylic oxidation sites excluding steroid dienone is 1. The van der Waals surface area contributed by atoms with Crippen LogP contribution in [0.25, 0.3) is 0 Å². The van der Waals surface area contributed by atoms with Gasteiger partial charge in [0.15, 0.2) is 6.10 Å². The molecule has 1 aromatic rings. The van der Waals surface area contributed by atoms with E-state index in [0.717, 1.165) is 18.1 Å². The number of carbonyl (C=O) groups excluding carboxylic acids is 2. The van der Waals surface area contributed by atoms with Gasteiger partial charge in [-0.1, -0.05) is 77.1 Å². The summed E-state index contributed by atoms with van der Waals surface area (Å²) in [6.07, 6.45) is -4.83. The summed E-state index contributed by atoms with van der Waals surface area (Å²) >= 11 is 0. The normalized spacial score (nSPS) is 30.1. The average molecular weight is 691 g/mol. The zero-order valence-electron chi connectivity index (χ0n) is 28.2. The summed E-state index contributed by atoms with van der Waals surface area (Å²) in [5.74, 6) is -11.3. The molecule has 0 aromatic heterocycles. The summed E-state index contributed by atoms with van der Waals surface area (Å²) < 4.78 is 22.0. The highest BCUT2D eigenvalue weighted by molar-refractivity contribution is 5.98. The molecule has 49 heavy (non-hydrogen) atoms. The lowest BCUT2D eigenvalue weighted by Gasteiger charge is -2.48. The number of esters is 2. The van der Waals surface area contributed by atoms with E-state index < -0.39 is 77.7 Å². The highest BCUT2D eigenvalue weighted by Crippen LogP contribution is 2.56. The molecular weight excluding hydrogens is 644 g/mol. The Morgan fingerprint density at radius 2 is 1.67 bits per heavy atom. The first-order valence-electron chi connectivity index (χ1n) is 16.1. The van der Waals surface area contributed by atoms with E-state index in [1.165, 1.54) is 13.0 Å². The Kier molecular flexibility index (Phi) is 12.5. The van der Waals surface area contributed by atoms with E-state index in [-0.39, 0.29) is 23.8 Å². The van der Waals surface area contributed by atoms with E-state index in [1.807, 2.05) is 51.1 Å². The molecule has 0 saturated carbocycles. The maximum atomic E-state index is 13.0. The largest absolute Gasteiger partial charge is 0.479 e. The number of aliphatic hydroxyl groups is 2. The Morgan fingerprint density at radius 3 is 2.20 bits per heavy atom. The number of carboxylic acids is 3. The minimum Gasteiger partial charge on any atom is -0.479 e. The van der Waals surface area contributed by atoms with E-state index in [4.69, 9.17) is 18.9 Å². The van der Waals surface area contributed by atoms with Gasteiger partial charge < -0.3 is 44.5 Å². The lowest BCUT2D eigenvalue weighted by molar-refractivity contribution is -0.374. The minimum absolute atomic E-state index is 0.123. The van der Waals surface area contributed by atoms with Gasteiger partial charge in [0.1, 0.15) is 12.2 Å². The number of carbonyl (C=O) groups is 5. The number of aliphatic hydroxyl groups excluding tert-OH is 1. The van der Waals surface area contributed by atoms with Crippen LogP contribution in [0.5, 0.6) is 0 Å². The molecular formula is C35H46O14. The Morgan fingerprint density at radius 1 is 1.04 bits per heavy atom. The molecule has 2 bridgehead atoms. The van der Waals surface area contributed by atoms with Crippen LogP contribution in [0.3, 0.4) is 0 Å². The molecule has 2 saturated heterocycles. The predicted molar refractivity (Wildman–Crippen MR) is 171 cm³/mol. The highest BCUT2D eigenvalue weighted by atomic mass is 16.8. The fraction of sp³-hybridized carbons (Fsp3) is 0.571. The molecule has 1 aromatic carbocycles. The number of hydrogen-bond acceptors (Lipinski definition) is 11. The van der Waals surface area contributed by atoms with E-state index in [1.54, 1.807) is 6.92 Å². The third kappa shape index (κ3) is 7.88. The fourth-order valence-corrected chi connectivity index (χ4v) is 6.58. The van der Waals surface area contributed by atoms with Crippen molar-refractivity contribution in [1.82, 2.24) is 0 Å². The monoisotopic (exact) mass is 690 g/mol. The Hall–Kier alpha value is -4.11. The predicted octanol–water partition coefficient (Wildman–Crippen LogP) is 2.88. The van der Waals surface area contributed by atoms with E-state index in [9.17, 15) is 49.5 Å². The number of hydrogen-bond donors (Lipinski definition) is 5. The van der Waals surface area contributed by atoms with Gasteiger partial charge in [0, 0.05) is 25.3 Å². The standard InChI is InChI=1S/C35H46O14/c1-7-19(2)17-20(3)13-14-25(37)47-28-27(38)33(48-29(30(39)40)34(45,31(41)42)35(28,49-33)32(43)44)16-15-21(4)26(46-23(6)36)22(5)18-24-11-9-8-10-12-24/h8-14,19-20,22,26-29,38,45H,4,7,15-18H2,1-3,5-6H3,(H,39,40)(H,41,42)(H,43,44)/b14-13+/t19-,20+,22+,26?,27+,28-,29?,33?,34?,35?/m0/s1. The van der Waals surface area contributed by atoms with Crippen LogP contribution in [-0.4, -0.2) is 96.8 Å². The van der Waals surface area contributed by atoms with E-state index >= 15 is 0 Å². The zero-order chi connectivity index (χ0) is 36.9. The summed E-state index contributed by atoms with van der Waals surface area (Å²) in [6, 6.07) is 9.29. The molecule has 270 valence electrons. The first kappa shape index (κ1) is 39.3. The van der Waals surface area contributed by atoms with Gasteiger partial charge in [-0.3, -0.25) is 4.79 Å². The molecule has 2 aliphatic rings. The second-order valence-electron chi connectivity index (χ2n) is 13.1. The Labute approximate surface area is 284 Å². The van der Waals surface area contributed by atoms with Crippen molar-refractivity contribution in [2.45, 2.75) is 108 Å². The molecule has 14 nitrogen and oxygen atoms in total. The van der Waals surface area contributed by atoms with Crippen molar-refractivity contribution in [2.24, 2.45) is 17.8 Å². The lowest BCUT2D eigenvalue weighted by atomic mass is 9.74. The van der Waals surface area contributed by atoms with Crippen molar-refractivity contribution < 1.29 is 68.5 Å². The van der Waals surface area contributed by atoms with Crippen LogP contribution in [-0.2, 0) is 49.3 Å². The maximum Gasteiger partial charge on any atom is 0.344 e. The minimum atomic E-state index is -3.90. The first-order chi connectivity index (χ1) is 22.9. The number of rotatable bonds is 17. The third-order valence-electron chi connectivity index (χ3n) is 9.29. The van der Waals surface area contributed by atoms with Gasteiger partial charge in [0.2, 0.25) is 23.1 Å². The number of fused-ring (bicyclic) bond motifs is 2. The van der Waals surface area contributed by atoms with Crippen molar-refractivity contribution in [3.05, 3.63) is 60.2 Å². The van der Waals surface area contributed by atoms with Crippen LogP contribution in [0.2, 0.25) is 0 Å². The molecule has 2 fully saturated rings. The zero-order valence-corrected chi connectivity index (χ0v) is 28.2. The van der Waals surface area contributed by atoms with Crippen molar-refractivity contribution in [3.63, 3.8) is 0 Å². The lowest BCUT2D eigenvalue weighted by Crippen LogP contribution is -2.78. The second kappa shape index (κ2) is 15.6. The van der Waals surface area contributed by atoms with Crippen LogP contribution in [0.4, 0.5) is 0 Å². The summed E-state index contributed by atoms with van der Waals surface area (Å²) in [5, 5.41) is 53.5. The van der Waals surface area contributed by atoms with Gasteiger partial charge in [-0.15, -0.1) is 0 Å². The second-order valence-corrected chi connectivity index (χ2v) is 13.1. The van der Waals surface area contributed by atoms with Crippen LogP contribution in [0.15, 0.2) is 54.6 Å². The Bertz CT molecular complexity index is 1440. The molecule has 3 rings (SSSR count). The van der Waals surface area contributed by atoms with Crippen molar-refractivity contribution >= 4 is 29.8 Å². The fourth-order valence-electron chi connectivity index (χ4n) is 6.58. The van der Waals surface area contributed by atoms with Gasteiger partial charge in [-0.05, 0) is 42.2 Å². The molecule has 2 aliphatic heterocycles. The summed E-state index contributed by atoms with van der Waals surface area (Å²) in [5.41, 5.74) is -6.27. The van der Waals surface area contributed by atoms with Crippen LogP contribution < -0.4 is 0 Å². The average Bonchev–Trinajstić information content (AvgIpc) is 3.25. The summed E-state index contributed by atoms with van der Waals surface area (Å²) in [7, 11) is 0. The number of ether oxygens (including phenoxy) is 4. The molecule has 2 heterocycles. The Balaban J connectivity index is 2.02. The van der Waals surface area contributed by atoms with Crippen LogP contribution in [0, 0.1) is 17.8 Å². The van der Waals surface area contributed by atoms with Crippen molar-refractivity contribution in [1.29, 1.82) is 0 Å². The van der Waals surface area contributed by atoms with Crippen LogP contribution >= 0.6 is 0 Å². The molecule has 14 heteroatoms. The molecule has 0 spiro atoms. The number of benzene rings is 1. The number of aliphatic carboxylic acids is 3. The van der Waals surface area contributed by atoms with E-state index in [0.29, 0.717) is 18.8 Å². The quantitative estimate of drug-likeness (QED) is 0.0901. The SMILES string of the molecule is C=C(CCC12OC(C(=O)O)C(O)(C(=O)O)C(C(=O)O)(O1)[C@@H](OC(=O)/C=C/[C@@H](C)C[C@@H](C)CC)[C@H]2O)C(OC(C)=O)[C@H](C)Cc1ccccc1. The highest BCUT2D eigenvalue weighted by Gasteiger charge is 2.85. The van der Waals surface area contributed by atoms with Crippen molar-refractivity contribution in [3.8, 4) is 0 Å². The maximum absolute atomic E-state index is 13.0. The van der Waals surface area contributed by atoms with E-state index in [2.05, 4.69) is 6.58 Å². The van der Waals surface area contributed by atoms with Crippen LogP contribution in [0.1, 0.15) is 65.9 Å². The van der Waals surface area contributed by atoms with Gasteiger partial charge in [0.05, 0.1) is 0 Å². The molecule has 0 aliphatic carbocycles. The topological polar surface area (TPSA) is 223 Å². The van der Waals surface area contributed by atoms with Gasteiger partial charge >= 0.3 is 29.8 Å². The van der Waals surface area contributed by atoms with Crippen molar-refractivity contribution in [2.75, 3.05) is 0 Å². The molecule has 5 unspecified atom stereocenters. The van der Waals surface area contributed by atoms with Gasteiger partial charge in [0.25, 0.3) is 0 Å². The van der Waals surface area contributed by atoms with Gasteiger partial charge in [-0.25, -0.2) is 19.2 Å². The van der Waals surface area contributed by atoms with Gasteiger partial charge in [-0.2, -0.15) is 0 Å². The first-order valence-corrected chi connectivity index (χ1v) is 16.1. The summed E-state index contributed by atoms with van der Waals surface area (Å²) in [4.78, 5) is 63.0. The molecule has 0 radical (unpaired) electrons.